The molecule has 0 aliphatic carbocycles. The van der Waals surface area contributed by atoms with Crippen LogP contribution >= 0.6 is 0 Å². The Bertz CT molecular complexity index is 1380. The maximum absolute atomic E-state index is 13.9. The Morgan fingerprint density at radius 2 is 1.78 bits per heavy atom. The Hall–Kier alpha value is -3.56. The molecular formula is C28H31N5O4. The summed E-state index contributed by atoms with van der Waals surface area (Å²) >= 11 is 0. The third-order valence-electron chi connectivity index (χ3n) is 8.34. The number of rotatable bonds is 4. The van der Waals surface area contributed by atoms with Gasteiger partial charge in [0.1, 0.15) is 6.04 Å². The molecule has 0 bridgehead atoms. The summed E-state index contributed by atoms with van der Waals surface area (Å²) in [6, 6.07) is 13.1. The van der Waals surface area contributed by atoms with E-state index in [1.165, 1.54) is 0 Å². The van der Waals surface area contributed by atoms with E-state index in [1.807, 2.05) is 35.2 Å². The molecule has 2 atom stereocenters. The normalized spacial score (nSPS) is 24.0. The van der Waals surface area contributed by atoms with Crippen LogP contribution in [-0.4, -0.2) is 102 Å². The number of aromatic amines is 1. The average Bonchev–Trinajstić information content (AvgIpc) is 3.53. The van der Waals surface area contributed by atoms with Crippen molar-refractivity contribution in [1.29, 1.82) is 0 Å². The zero-order chi connectivity index (χ0) is 25.1. The van der Waals surface area contributed by atoms with Crippen molar-refractivity contribution >= 4 is 22.7 Å². The standard InChI is InChI=1S/C28H31N5O4/c1-30-8-10-31(11-9-30)12-13-32-16-25(34)33-22(28(32)35)15-20-19-4-2-3-5-21(19)29-26(20)27(33)18-6-7-23-24(14-18)37-17-36-23/h2-7,14,22,27,29H,8-13,15-17H2,1H3/t22-,27-/m1/s1. The molecule has 192 valence electrons. The molecular weight excluding hydrogens is 470 g/mol. The summed E-state index contributed by atoms with van der Waals surface area (Å²) in [5.41, 5.74) is 4.02. The van der Waals surface area contributed by atoms with E-state index in [1.54, 1.807) is 4.90 Å². The number of piperazine rings is 2. The van der Waals surface area contributed by atoms with E-state index < -0.39 is 12.1 Å². The number of carbonyl (C=O) groups excluding carboxylic acids is 2. The Kier molecular flexibility index (Phi) is 5.37. The van der Waals surface area contributed by atoms with E-state index >= 15 is 0 Å². The number of H-pyrrole nitrogens is 1. The van der Waals surface area contributed by atoms with E-state index in [-0.39, 0.29) is 25.2 Å². The van der Waals surface area contributed by atoms with Gasteiger partial charge < -0.3 is 29.2 Å². The van der Waals surface area contributed by atoms with Gasteiger partial charge in [-0.15, -0.1) is 0 Å². The third kappa shape index (κ3) is 3.76. The van der Waals surface area contributed by atoms with E-state index in [4.69, 9.17) is 9.47 Å². The molecule has 1 aromatic heterocycles. The highest BCUT2D eigenvalue weighted by Gasteiger charge is 2.48. The minimum absolute atomic E-state index is 0.0186. The molecule has 4 aliphatic heterocycles. The highest BCUT2D eigenvalue weighted by atomic mass is 16.7. The number of carbonyl (C=O) groups is 2. The van der Waals surface area contributed by atoms with E-state index in [9.17, 15) is 9.59 Å². The molecule has 2 saturated heterocycles. The molecule has 4 aliphatic rings. The van der Waals surface area contributed by atoms with Crippen molar-refractivity contribution in [3.05, 3.63) is 59.3 Å². The van der Waals surface area contributed by atoms with Gasteiger partial charge >= 0.3 is 0 Å². The first kappa shape index (κ1) is 22.6. The lowest BCUT2D eigenvalue weighted by Gasteiger charge is -2.47. The first-order chi connectivity index (χ1) is 18.1. The minimum atomic E-state index is -0.532. The van der Waals surface area contributed by atoms with Crippen LogP contribution < -0.4 is 9.47 Å². The van der Waals surface area contributed by atoms with Gasteiger partial charge in [0.2, 0.25) is 18.6 Å². The van der Waals surface area contributed by atoms with Crippen LogP contribution in [0, 0.1) is 0 Å². The van der Waals surface area contributed by atoms with Crippen LogP contribution in [0.5, 0.6) is 11.5 Å². The summed E-state index contributed by atoms with van der Waals surface area (Å²) in [4.78, 5) is 39.6. The van der Waals surface area contributed by atoms with Gasteiger partial charge in [-0.2, -0.15) is 0 Å². The van der Waals surface area contributed by atoms with Gasteiger partial charge in [0.25, 0.3) is 0 Å². The van der Waals surface area contributed by atoms with E-state index in [2.05, 4.69) is 34.0 Å². The van der Waals surface area contributed by atoms with Gasteiger partial charge in [-0.3, -0.25) is 14.5 Å². The summed E-state index contributed by atoms with van der Waals surface area (Å²) in [6.07, 6.45) is 0.510. The van der Waals surface area contributed by atoms with Crippen LogP contribution in [0.3, 0.4) is 0 Å². The highest BCUT2D eigenvalue weighted by Crippen LogP contribution is 2.44. The van der Waals surface area contributed by atoms with Crippen LogP contribution in [-0.2, 0) is 16.0 Å². The molecule has 9 heteroatoms. The lowest BCUT2D eigenvalue weighted by Crippen LogP contribution is -2.63. The smallest absolute Gasteiger partial charge is 0.246 e. The van der Waals surface area contributed by atoms with Crippen molar-refractivity contribution < 1.29 is 19.1 Å². The third-order valence-corrected chi connectivity index (χ3v) is 8.34. The number of nitrogens with one attached hydrogen (secondary N) is 1. The maximum atomic E-state index is 13.9. The minimum Gasteiger partial charge on any atom is -0.454 e. The summed E-state index contributed by atoms with van der Waals surface area (Å²) in [5, 5.41) is 1.11. The molecule has 0 radical (unpaired) electrons. The van der Waals surface area contributed by atoms with E-state index in [0.717, 1.165) is 60.4 Å². The second-order valence-corrected chi connectivity index (χ2v) is 10.5. The molecule has 5 heterocycles. The summed E-state index contributed by atoms with van der Waals surface area (Å²) in [7, 11) is 2.14. The number of amides is 2. The van der Waals surface area contributed by atoms with Crippen LogP contribution in [0.4, 0.5) is 0 Å². The van der Waals surface area contributed by atoms with Crippen molar-refractivity contribution in [3.63, 3.8) is 0 Å². The maximum Gasteiger partial charge on any atom is 0.246 e. The highest BCUT2D eigenvalue weighted by molar-refractivity contribution is 5.97. The Labute approximate surface area is 215 Å². The van der Waals surface area contributed by atoms with Crippen LogP contribution in [0.2, 0.25) is 0 Å². The Balaban J connectivity index is 1.24. The quantitative estimate of drug-likeness (QED) is 0.588. The molecule has 0 unspecified atom stereocenters. The lowest BCUT2D eigenvalue weighted by molar-refractivity contribution is -0.158. The SMILES string of the molecule is CN1CCN(CCN2CC(=O)N3[C@H](c4ccc5c(c4)OCO5)c4[nH]c5ccccc5c4C[C@@H]3C2=O)CC1. The predicted molar refractivity (Wildman–Crippen MR) is 138 cm³/mol. The molecule has 0 spiro atoms. The molecule has 1 N–H and O–H groups in total. The second kappa shape index (κ2) is 8.78. The fraction of sp³-hybridized carbons (Fsp3) is 0.429. The number of ether oxygens (including phenoxy) is 2. The molecule has 7 rings (SSSR count). The average molecular weight is 502 g/mol. The van der Waals surface area contributed by atoms with Gasteiger partial charge in [0, 0.05) is 62.3 Å². The number of likely N-dealkylation sites (N-methyl/N-ethyl adjacent to an activating group) is 1. The summed E-state index contributed by atoms with van der Waals surface area (Å²) in [6.45, 7) is 5.72. The van der Waals surface area contributed by atoms with Crippen LogP contribution in [0.1, 0.15) is 22.9 Å². The van der Waals surface area contributed by atoms with Crippen molar-refractivity contribution in [2.45, 2.75) is 18.5 Å². The number of aromatic nitrogens is 1. The fourth-order valence-electron chi connectivity index (χ4n) is 6.28. The van der Waals surface area contributed by atoms with Crippen molar-refractivity contribution in [3.8, 4) is 11.5 Å². The number of nitrogens with zero attached hydrogens (tertiary/aromatic N) is 4. The number of benzene rings is 2. The van der Waals surface area contributed by atoms with Crippen molar-refractivity contribution in [1.82, 2.24) is 24.6 Å². The number of hydrogen-bond donors (Lipinski definition) is 1. The molecule has 2 fully saturated rings. The molecule has 3 aromatic rings. The monoisotopic (exact) mass is 501 g/mol. The number of hydrogen-bond acceptors (Lipinski definition) is 6. The first-order valence-corrected chi connectivity index (χ1v) is 13.1. The number of para-hydroxylation sites is 1. The van der Waals surface area contributed by atoms with Gasteiger partial charge in [-0.05, 0) is 36.4 Å². The zero-order valence-corrected chi connectivity index (χ0v) is 21.0. The molecule has 0 saturated carbocycles. The largest absolute Gasteiger partial charge is 0.454 e. The second-order valence-electron chi connectivity index (χ2n) is 10.5. The molecule has 37 heavy (non-hydrogen) atoms. The van der Waals surface area contributed by atoms with Crippen molar-refractivity contribution in [2.75, 3.05) is 59.7 Å². The van der Waals surface area contributed by atoms with Gasteiger partial charge in [-0.25, -0.2) is 0 Å². The summed E-state index contributed by atoms with van der Waals surface area (Å²) < 4.78 is 11.2. The van der Waals surface area contributed by atoms with Gasteiger partial charge in [-0.1, -0.05) is 24.3 Å². The predicted octanol–water partition coefficient (Wildman–Crippen LogP) is 1.83. The Morgan fingerprint density at radius 1 is 0.973 bits per heavy atom. The molecule has 9 nitrogen and oxygen atoms in total. The van der Waals surface area contributed by atoms with Gasteiger partial charge in [0.15, 0.2) is 11.5 Å². The number of fused-ring (bicyclic) bond motifs is 5. The summed E-state index contributed by atoms with van der Waals surface area (Å²) in [5.74, 6) is 1.39. The Morgan fingerprint density at radius 3 is 2.65 bits per heavy atom. The fourth-order valence-corrected chi connectivity index (χ4v) is 6.28. The van der Waals surface area contributed by atoms with Crippen LogP contribution in [0.25, 0.3) is 10.9 Å². The first-order valence-electron chi connectivity index (χ1n) is 13.1. The van der Waals surface area contributed by atoms with Gasteiger partial charge in [0.05, 0.1) is 12.6 Å². The zero-order valence-electron chi connectivity index (χ0n) is 21.0. The molecule has 2 amide bonds. The molecule has 2 aromatic carbocycles. The van der Waals surface area contributed by atoms with E-state index in [0.29, 0.717) is 24.5 Å². The van der Waals surface area contributed by atoms with Crippen molar-refractivity contribution in [2.24, 2.45) is 0 Å². The lowest BCUT2D eigenvalue weighted by atomic mass is 9.86. The van der Waals surface area contributed by atoms with Crippen LogP contribution in [0.15, 0.2) is 42.5 Å². The topological polar surface area (TPSA) is 81.3 Å².